The lowest BCUT2D eigenvalue weighted by atomic mass is 9.69. The number of ether oxygens (including phenoxy) is 2. The summed E-state index contributed by atoms with van der Waals surface area (Å²) in [6, 6.07) is 11.6. The standard InChI is InChI=1S/C32H41ClN2O5/c1-39-28-19-27(26(33)18-24(28)21-36)34-30(37)7-5-6-22-8-10-25(11-9-22)32(14-3-2-4-15-32)31(38)40-29-20-35-16-12-23(29)13-17-35/h8-11,18-19,23,29,36H,2-7,12-17,20-21H2,1H3,(H,34,37). The number of fused-ring (bicyclic) bond motifs is 3. The van der Waals surface area contributed by atoms with E-state index in [-0.39, 0.29) is 24.6 Å². The minimum atomic E-state index is -0.547. The minimum absolute atomic E-state index is 0.0299. The Morgan fingerprint density at radius 1 is 1.10 bits per heavy atom. The number of amides is 1. The molecule has 1 saturated carbocycles. The van der Waals surface area contributed by atoms with E-state index in [4.69, 9.17) is 21.1 Å². The number of nitrogens with one attached hydrogen (secondary N) is 1. The Morgan fingerprint density at radius 3 is 2.45 bits per heavy atom. The van der Waals surface area contributed by atoms with Crippen LogP contribution in [0.1, 0.15) is 74.5 Å². The number of aliphatic hydroxyl groups is 1. The van der Waals surface area contributed by atoms with E-state index in [0.717, 1.165) is 75.7 Å². The van der Waals surface area contributed by atoms with Gasteiger partial charge in [-0.25, -0.2) is 0 Å². The number of hydrogen-bond donors (Lipinski definition) is 2. The second-order valence-electron chi connectivity index (χ2n) is 11.6. The summed E-state index contributed by atoms with van der Waals surface area (Å²) in [7, 11) is 1.51. The number of aliphatic hydroxyl groups excluding tert-OH is 1. The molecule has 3 aliphatic heterocycles. The van der Waals surface area contributed by atoms with Crippen molar-refractivity contribution < 1.29 is 24.2 Å². The fourth-order valence-electron chi connectivity index (χ4n) is 6.72. The molecule has 2 aromatic carbocycles. The Morgan fingerprint density at radius 2 is 1.82 bits per heavy atom. The van der Waals surface area contributed by atoms with Crippen LogP contribution in [0.15, 0.2) is 36.4 Å². The molecule has 216 valence electrons. The Kier molecular flexibility index (Phi) is 9.34. The number of nitrogens with zero attached hydrogens (tertiary/aromatic N) is 1. The van der Waals surface area contributed by atoms with Gasteiger partial charge in [-0.15, -0.1) is 0 Å². The van der Waals surface area contributed by atoms with Crippen molar-refractivity contribution >= 4 is 29.2 Å². The molecule has 1 unspecified atom stereocenters. The highest BCUT2D eigenvalue weighted by molar-refractivity contribution is 6.33. The molecule has 1 aliphatic carbocycles. The van der Waals surface area contributed by atoms with Gasteiger partial charge in [0.1, 0.15) is 11.9 Å². The molecule has 4 fully saturated rings. The van der Waals surface area contributed by atoms with Crippen LogP contribution in [-0.2, 0) is 32.8 Å². The maximum atomic E-state index is 13.7. The van der Waals surface area contributed by atoms with E-state index >= 15 is 0 Å². The third-order valence-electron chi connectivity index (χ3n) is 9.14. The zero-order chi connectivity index (χ0) is 28.1. The van der Waals surface area contributed by atoms with Crippen molar-refractivity contribution in [2.75, 3.05) is 32.1 Å². The van der Waals surface area contributed by atoms with E-state index in [9.17, 15) is 14.7 Å². The molecule has 3 saturated heterocycles. The summed E-state index contributed by atoms with van der Waals surface area (Å²) in [6.45, 7) is 2.95. The number of piperidine rings is 3. The van der Waals surface area contributed by atoms with Gasteiger partial charge < -0.3 is 19.9 Å². The van der Waals surface area contributed by atoms with Crippen LogP contribution in [-0.4, -0.2) is 54.7 Å². The Labute approximate surface area is 242 Å². The fourth-order valence-corrected chi connectivity index (χ4v) is 6.95. The number of carbonyl (C=O) groups is 2. The number of rotatable bonds is 10. The van der Waals surface area contributed by atoms with Gasteiger partial charge >= 0.3 is 5.97 Å². The molecular weight excluding hydrogens is 528 g/mol. The highest BCUT2D eigenvalue weighted by Gasteiger charge is 2.45. The monoisotopic (exact) mass is 568 g/mol. The molecule has 1 amide bonds. The number of carbonyl (C=O) groups excluding carboxylic acids is 2. The van der Waals surface area contributed by atoms with Crippen molar-refractivity contribution in [2.45, 2.75) is 82.3 Å². The lowest BCUT2D eigenvalue weighted by molar-refractivity contribution is -0.167. The van der Waals surface area contributed by atoms with E-state index in [2.05, 4.69) is 34.5 Å². The lowest BCUT2D eigenvalue weighted by Gasteiger charge is -2.45. The Balaban J connectivity index is 1.17. The Bertz CT molecular complexity index is 1190. The topological polar surface area (TPSA) is 88.1 Å². The molecule has 2 bridgehead atoms. The first-order chi connectivity index (χ1) is 19.4. The van der Waals surface area contributed by atoms with Gasteiger partial charge in [-0.05, 0) is 74.7 Å². The smallest absolute Gasteiger partial charge is 0.316 e. The molecule has 0 spiro atoms. The number of aryl methyl sites for hydroxylation is 1. The largest absolute Gasteiger partial charge is 0.496 e. The molecule has 6 rings (SSSR count). The van der Waals surface area contributed by atoms with Crippen LogP contribution in [0, 0.1) is 5.92 Å². The number of halogens is 1. The van der Waals surface area contributed by atoms with E-state index in [1.165, 1.54) is 13.5 Å². The molecule has 1 atom stereocenters. The van der Waals surface area contributed by atoms with Gasteiger partial charge in [0.25, 0.3) is 0 Å². The van der Waals surface area contributed by atoms with Crippen molar-refractivity contribution in [3.63, 3.8) is 0 Å². The number of benzene rings is 2. The van der Waals surface area contributed by atoms with Gasteiger partial charge in [0.05, 0.1) is 29.8 Å². The first kappa shape index (κ1) is 28.9. The van der Waals surface area contributed by atoms with E-state index < -0.39 is 5.41 Å². The second kappa shape index (κ2) is 12.9. The minimum Gasteiger partial charge on any atom is -0.496 e. The molecule has 7 nitrogen and oxygen atoms in total. The summed E-state index contributed by atoms with van der Waals surface area (Å²) in [5, 5.41) is 12.6. The van der Waals surface area contributed by atoms with Crippen LogP contribution >= 0.6 is 11.6 Å². The number of methoxy groups -OCH3 is 1. The number of esters is 1. The number of anilines is 1. The predicted molar refractivity (Wildman–Crippen MR) is 156 cm³/mol. The predicted octanol–water partition coefficient (Wildman–Crippen LogP) is 5.64. The van der Waals surface area contributed by atoms with Crippen molar-refractivity contribution in [1.82, 2.24) is 4.90 Å². The maximum absolute atomic E-state index is 13.7. The van der Waals surface area contributed by atoms with Crippen LogP contribution in [0.2, 0.25) is 5.02 Å². The zero-order valence-corrected chi connectivity index (χ0v) is 24.2. The lowest BCUT2D eigenvalue weighted by Crippen LogP contribution is -2.53. The second-order valence-corrected chi connectivity index (χ2v) is 12.0. The fraction of sp³-hybridized carbons (Fsp3) is 0.562. The third-order valence-corrected chi connectivity index (χ3v) is 9.46. The quantitative estimate of drug-likeness (QED) is 0.361. The molecule has 2 aromatic rings. The van der Waals surface area contributed by atoms with Crippen LogP contribution in [0.3, 0.4) is 0 Å². The van der Waals surface area contributed by atoms with Gasteiger partial charge in [0.2, 0.25) is 5.91 Å². The van der Waals surface area contributed by atoms with Crippen molar-refractivity contribution in [1.29, 1.82) is 0 Å². The van der Waals surface area contributed by atoms with E-state index in [1.54, 1.807) is 12.1 Å². The maximum Gasteiger partial charge on any atom is 0.316 e. The summed E-state index contributed by atoms with van der Waals surface area (Å²) in [5.41, 5.74) is 2.69. The van der Waals surface area contributed by atoms with Gasteiger partial charge in [0, 0.05) is 24.6 Å². The van der Waals surface area contributed by atoms with Crippen LogP contribution < -0.4 is 10.1 Å². The first-order valence-electron chi connectivity index (χ1n) is 14.7. The Hall–Kier alpha value is -2.61. The molecule has 0 radical (unpaired) electrons. The molecule has 8 heteroatoms. The van der Waals surface area contributed by atoms with Gasteiger partial charge in [-0.3, -0.25) is 14.5 Å². The molecule has 0 aromatic heterocycles. The van der Waals surface area contributed by atoms with Crippen molar-refractivity contribution in [2.24, 2.45) is 5.92 Å². The third kappa shape index (κ3) is 6.32. The van der Waals surface area contributed by atoms with E-state index in [1.807, 2.05) is 0 Å². The first-order valence-corrected chi connectivity index (χ1v) is 15.1. The highest BCUT2D eigenvalue weighted by Crippen LogP contribution is 2.42. The zero-order valence-electron chi connectivity index (χ0n) is 23.4. The molecule has 3 heterocycles. The summed E-state index contributed by atoms with van der Waals surface area (Å²) in [5.74, 6) is 0.824. The van der Waals surface area contributed by atoms with Crippen LogP contribution in [0.4, 0.5) is 5.69 Å². The van der Waals surface area contributed by atoms with Gasteiger partial charge in [0.15, 0.2) is 0 Å². The summed E-state index contributed by atoms with van der Waals surface area (Å²) in [4.78, 5) is 28.7. The van der Waals surface area contributed by atoms with Crippen LogP contribution in [0.25, 0.3) is 0 Å². The van der Waals surface area contributed by atoms with Gasteiger partial charge in [-0.2, -0.15) is 0 Å². The molecular formula is C32H41ClN2O5. The molecule has 40 heavy (non-hydrogen) atoms. The van der Waals surface area contributed by atoms with E-state index in [0.29, 0.717) is 40.8 Å². The summed E-state index contributed by atoms with van der Waals surface area (Å²) in [6.07, 6.45) is 9.03. The van der Waals surface area contributed by atoms with Crippen molar-refractivity contribution in [3.8, 4) is 5.75 Å². The summed E-state index contributed by atoms with van der Waals surface area (Å²) >= 11 is 6.28. The normalized spacial score (nSPS) is 23.4. The average Bonchev–Trinajstić information content (AvgIpc) is 2.99. The molecule has 4 aliphatic rings. The average molecular weight is 569 g/mol. The molecule has 2 N–H and O–H groups in total. The van der Waals surface area contributed by atoms with Crippen LogP contribution in [0.5, 0.6) is 5.75 Å². The highest BCUT2D eigenvalue weighted by atomic mass is 35.5. The summed E-state index contributed by atoms with van der Waals surface area (Å²) < 4.78 is 11.6. The van der Waals surface area contributed by atoms with Gasteiger partial charge in [-0.1, -0.05) is 55.1 Å². The number of hydrogen-bond acceptors (Lipinski definition) is 6. The SMILES string of the molecule is COc1cc(NC(=O)CCCc2ccc(C3(C(=O)OC4CN5CCC4CC5)CCCCC3)cc2)c(Cl)cc1CO. The van der Waals surface area contributed by atoms with Crippen molar-refractivity contribution in [3.05, 3.63) is 58.1 Å².